The monoisotopic (exact) mass is 261 g/mol. The predicted molar refractivity (Wildman–Crippen MR) is 71.4 cm³/mol. The Hall–Kier alpha value is -1.71. The molecule has 0 bridgehead atoms. The Bertz CT molecular complexity index is 490. The van der Waals surface area contributed by atoms with Gasteiger partial charge in [0.25, 0.3) is 5.91 Å². The smallest absolute Gasteiger partial charge is 0.254 e. The molecule has 3 rings (SSSR count). The number of carbonyl (C=O) groups excluding carboxylic acids is 1. The number of hydrogen-bond acceptors (Lipinski definition) is 3. The lowest BCUT2D eigenvalue weighted by Crippen LogP contribution is -2.42. The van der Waals surface area contributed by atoms with Gasteiger partial charge in [-0.05, 0) is 36.5 Å². The van der Waals surface area contributed by atoms with Crippen molar-refractivity contribution in [3.63, 3.8) is 0 Å². The van der Waals surface area contributed by atoms with Crippen molar-refractivity contribution in [3.8, 4) is 11.5 Å². The highest BCUT2D eigenvalue weighted by atomic mass is 16.7. The van der Waals surface area contributed by atoms with Gasteiger partial charge in [0.2, 0.25) is 6.79 Å². The average Bonchev–Trinajstić information content (AvgIpc) is 2.83. The van der Waals surface area contributed by atoms with Gasteiger partial charge in [-0.15, -0.1) is 0 Å². The van der Waals surface area contributed by atoms with E-state index in [0.717, 1.165) is 18.8 Å². The van der Waals surface area contributed by atoms with Crippen LogP contribution in [0.25, 0.3) is 0 Å². The summed E-state index contributed by atoms with van der Waals surface area (Å²) < 4.78 is 10.6. The van der Waals surface area contributed by atoms with Gasteiger partial charge >= 0.3 is 0 Å². The molecule has 0 radical (unpaired) electrons. The fraction of sp³-hybridized carbons (Fsp3) is 0.533. The third-order valence-electron chi connectivity index (χ3n) is 3.78. The molecule has 2 heterocycles. The van der Waals surface area contributed by atoms with Gasteiger partial charge in [-0.25, -0.2) is 0 Å². The Morgan fingerprint density at radius 2 is 1.84 bits per heavy atom. The second-order valence-electron chi connectivity index (χ2n) is 5.72. The summed E-state index contributed by atoms with van der Waals surface area (Å²) in [5.41, 5.74) is 0.686. The topological polar surface area (TPSA) is 38.8 Å². The van der Waals surface area contributed by atoms with Gasteiger partial charge in [0.1, 0.15) is 0 Å². The van der Waals surface area contributed by atoms with Crippen LogP contribution in [0.15, 0.2) is 18.2 Å². The number of ether oxygens (including phenoxy) is 2. The summed E-state index contributed by atoms with van der Waals surface area (Å²) >= 11 is 0. The summed E-state index contributed by atoms with van der Waals surface area (Å²) in [6, 6.07) is 5.42. The van der Waals surface area contributed by atoms with Crippen LogP contribution in [0.2, 0.25) is 0 Å². The van der Waals surface area contributed by atoms with Gasteiger partial charge in [0.05, 0.1) is 0 Å². The molecule has 19 heavy (non-hydrogen) atoms. The van der Waals surface area contributed by atoms with Crippen LogP contribution < -0.4 is 9.47 Å². The molecule has 0 N–H and O–H groups in total. The fourth-order valence-electron chi connectivity index (χ4n) is 3.04. The van der Waals surface area contributed by atoms with Crippen LogP contribution in [0.4, 0.5) is 0 Å². The van der Waals surface area contributed by atoms with Crippen LogP contribution in [0, 0.1) is 11.8 Å². The van der Waals surface area contributed by atoms with Crippen molar-refractivity contribution in [1.29, 1.82) is 0 Å². The first-order valence-corrected chi connectivity index (χ1v) is 6.82. The highest BCUT2D eigenvalue weighted by molar-refractivity contribution is 5.95. The van der Waals surface area contributed by atoms with Crippen LogP contribution in [0.5, 0.6) is 11.5 Å². The molecular weight excluding hydrogens is 242 g/mol. The quantitative estimate of drug-likeness (QED) is 0.779. The van der Waals surface area contributed by atoms with Crippen LogP contribution >= 0.6 is 0 Å². The zero-order valence-corrected chi connectivity index (χ0v) is 11.4. The molecule has 1 fully saturated rings. The van der Waals surface area contributed by atoms with E-state index >= 15 is 0 Å². The summed E-state index contributed by atoms with van der Waals surface area (Å²) in [6.07, 6.45) is 1.20. The number of nitrogens with zero attached hydrogens (tertiary/aromatic N) is 1. The lowest BCUT2D eigenvalue weighted by atomic mass is 9.91. The second kappa shape index (κ2) is 4.76. The largest absolute Gasteiger partial charge is 0.454 e. The molecule has 1 aromatic rings. The maximum atomic E-state index is 12.5. The van der Waals surface area contributed by atoms with Crippen LogP contribution in [-0.4, -0.2) is 30.7 Å². The third-order valence-corrected chi connectivity index (χ3v) is 3.78. The molecule has 0 aromatic heterocycles. The molecule has 0 spiro atoms. The highest BCUT2D eigenvalue weighted by Gasteiger charge is 2.27. The fourth-order valence-corrected chi connectivity index (χ4v) is 3.04. The van der Waals surface area contributed by atoms with Crippen molar-refractivity contribution >= 4 is 5.91 Å². The maximum absolute atomic E-state index is 12.5. The molecule has 102 valence electrons. The first-order chi connectivity index (χ1) is 9.13. The number of carbonyl (C=O) groups is 1. The van der Waals surface area contributed by atoms with Gasteiger partial charge in [-0.3, -0.25) is 4.79 Å². The number of likely N-dealkylation sites (tertiary alicyclic amines) is 1. The molecule has 0 aliphatic carbocycles. The molecule has 2 aliphatic rings. The first-order valence-electron chi connectivity index (χ1n) is 6.82. The molecule has 2 atom stereocenters. The number of benzene rings is 1. The van der Waals surface area contributed by atoms with E-state index in [-0.39, 0.29) is 12.7 Å². The van der Waals surface area contributed by atoms with Crippen molar-refractivity contribution in [1.82, 2.24) is 4.90 Å². The number of hydrogen-bond donors (Lipinski definition) is 0. The van der Waals surface area contributed by atoms with Crippen LogP contribution in [-0.2, 0) is 0 Å². The minimum absolute atomic E-state index is 0.0942. The van der Waals surface area contributed by atoms with Gasteiger partial charge < -0.3 is 14.4 Å². The molecule has 2 unspecified atom stereocenters. The summed E-state index contributed by atoms with van der Waals surface area (Å²) in [7, 11) is 0. The third kappa shape index (κ3) is 2.39. The van der Waals surface area contributed by atoms with Crippen molar-refractivity contribution in [2.45, 2.75) is 20.3 Å². The van der Waals surface area contributed by atoms with Gasteiger partial charge in [-0.2, -0.15) is 0 Å². The van der Waals surface area contributed by atoms with Crippen molar-refractivity contribution in [2.75, 3.05) is 19.9 Å². The zero-order chi connectivity index (χ0) is 13.4. The SMILES string of the molecule is CC1CC(C)CN(C(=O)c2ccc3c(c2)OCO3)C1. The van der Waals surface area contributed by atoms with E-state index in [1.807, 2.05) is 17.0 Å². The van der Waals surface area contributed by atoms with Crippen molar-refractivity contribution < 1.29 is 14.3 Å². The van der Waals surface area contributed by atoms with Gasteiger partial charge in [0, 0.05) is 18.7 Å². The van der Waals surface area contributed by atoms with E-state index in [2.05, 4.69) is 13.8 Å². The van der Waals surface area contributed by atoms with Crippen LogP contribution in [0.3, 0.4) is 0 Å². The highest BCUT2D eigenvalue weighted by Crippen LogP contribution is 2.33. The maximum Gasteiger partial charge on any atom is 0.254 e. The van der Waals surface area contributed by atoms with E-state index in [4.69, 9.17) is 9.47 Å². The number of amides is 1. The molecule has 2 aliphatic heterocycles. The Labute approximate surface area is 113 Å². The molecule has 0 saturated carbocycles. The summed E-state index contributed by atoms with van der Waals surface area (Å²) in [5.74, 6) is 2.63. The number of rotatable bonds is 1. The number of fused-ring (bicyclic) bond motifs is 1. The molecule has 1 saturated heterocycles. The summed E-state index contributed by atoms with van der Waals surface area (Å²) in [4.78, 5) is 14.5. The van der Waals surface area contributed by atoms with Gasteiger partial charge in [-0.1, -0.05) is 13.8 Å². The zero-order valence-electron chi connectivity index (χ0n) is 11.4. The first kappa shape index (κ1) is 12.3. The normalized spacial score (nSPS) is 25.5. The standard InChI is InChI=1S/C15H19NO3/c1-10-5-11(2)8-16(7-10)15(17)12-3-4-13-14(6-12)19-9-18-13/h3-4,6,10-11H,5,7-9H2,1-2H3. The summed E-state index contributed by atoms with van der Waals surface area (Å²) in [5, 5.41) is 0. The van der Waals surface area contributed by atoms with Crippen molar-refractivity contribution in [2.24, 2.45) is 11.8 Å². The van der Waals surface area contributed by atoms with E-state index < -0.39 is 0 Å². The van der Waals surface area contributed by atoms with Crippen molar-refractivity contribution in [3.05, 3.63) is 23.8 Å². The van der Waals surface area contributed by atoms with Gasteiger partial charge in [0.15, 0.2) is 11.5 Å². The molecular formula is C15H19NO3. The van der Waals surface area contributed by atoms with E-state index in [1.165, 1.54) is 6.42 Å². The Morgan fingerprint density at radius 1 is 1.16 bits per heavy atom. The molecule has 4 nitrogen and oxygen atoms in total. The Kier molecular flexibility index (Phi) is 3.09. The Balaban J connectivity index is 1.80. The van der Waals surface area contributed by atoms with E-state index in [1.54, 1.807) is 6.07 Å². The molecule has 4 heteroatoms. The minimum atomic E-state index is 0.0942. The van der Waals surface area contributed by atoms with E-state index in [0.29, 0.717) is 23.1 Å². The molecule has 1 aromatic carbocycles. The Morgan fingerprint density at radius 3 is 2.58 bits per heavy atom. The average molecular weight is 261 g/mol. The molecule has 1 amide bonds. The minimum Gasteiger partial charge on any atom is -0.454 e. The van der Waals surface area contributed by atoms with Crippen LogP contribution in [0.1, 0.15) is 30.6 Å². The van der Waals surface area contributed by atoms with E-state index in [9.17, 15) is 4.79 Å². The lowest BCUT2D eigenvalue weighted by molar-refractivity contribution is 0.0623. The second-order valence-corrected chi connectivity index (χ2v) is 5.72. The number of piperidine rings is 1. The summed E-state index contributed by atoms with van der Waals surface area (Å²) in [6.45, 7) is 6.34. The lowest BCUT2D eigenvalue weighted by Gasteiger charge is -2.35. The predicted octanol–water partition coefficient (Wildman–Crippen LogP) is 2.53.